The largest absolute Gasteiger partial charge is 0.484 e. The van der Waals surface area contributed by atoms with Gasteiger partial charge in [0, 0.05) is 6.92 Å². The van der Waals surface area contributed by atoms with E-state index in [4.69, 9.17) is 9.26 Å². The molecular weight excluding hydrogens is 234 g/mol. The van der Waals surface area contributed by atoms with Crippen molar-refractivity contribution >= 4 is 5.91 Å². The molecule has 0 atom stereocenters. The molecule has 0 radical (unpaired) electrons. The van der Waals surface area contributed by atoms with Gasteiger partial charge in [-0.25, -0.2) is 0 Å². The van der Waals surface area contributed by atoms with Crippen molar-refractivity contribution in [3.63, 3.8) is 0 Å². The second kappa shape index (κ2) is 5.81. The minimum Gasteiger partial charge on any atom is -0.484 e. The maximum atomic E-state index is 11.5. The minimum absolute atomic E-state index is 0.0408. The zero-order valence-electron chi connectivity index (χ0n) is 9.92. The van der Waals surface area contributed by atoms with Crippen molar-refractivity contribution < 1.29 is 14.1 Å². The van der Waals surface area contributed by atoms with Gasteiger partial charge in [-0.05, 0) is 12.1 Å². The van der Waals surface area contributed by atoms with E-state index in [1.807, 2.05) is 18.2 Å². The van der Waals surface area contributed by atoms with Gasteiger partial charge in [-0.1, -0.05) is 23.4 Å². The van der Waals surface area contributed by atoms with Crippen LogP contribution in [0.25, 0.3) is 0 Å². The molecule has 0 aliphatic rings. The summed E-state index contributed by atoms with van der Waals surface area (Å²) < 4.78 is 10.1. The molecule has 18 heavy (non-hydrogen) atoms. The van der Waals surface area contributed by atoms with Crippen molar-refractivity contribution in [1.29, 1.82) is 0 Å². The van der Waals surface area contributed by atoms with Gasteiger partial charge in [0.1, 0.15) is 5.75 Å². The summed E-state index contributed by atoms with van der Waals surface area (Å²) in [4.78, 5) is 15.4. The lowest BCUT2D eigenvalue weighted by atomic mass is 10.3. The van der Waals surface area contributed by atoms with Crippen LogP contribution in [0.2, 0.25) is 0 Å². The molecule has 0 spiro atoms. The quantitative estimate of drug-likeness (QED) is 0.855. The number of amides is 1. The molecule has 6 nitrogen and oxygen atoms in total. The summed E-state index contributed by atoms with van der Waals surface area (Å²) in [7, 11) is 0. The Balaban J connectivity index is 1.73. The van der Waals surface area contributed by atoms with E-state index >= 15 is 0 Å². The molecule has 1 heterocycles. The predicted octanol–water partition coefficient (Wildman–Crippen LogP) is 1.07. The smallest absolute Gasteiger partial charge is 0.258 e. The Hall–Kier alpha value is -2.37. The van der Waals surface area contributed by atoms with Crippen molar-refractivity contribution in [2.45, 2.75) is 13.5 Å². The molecule has 1 amide bonds. The fraction of sp³-hybridized carbons (Fsp3) is 0.250. The highest BCUT2D eigenvalue weighted by Crippen LogP contribution is 2.07. The number of aryl methyl sites for hydroxylation is 1. The zero-order chi connectivity index (χ0) is 12.8. The third-order valence-corrected chi connectivity index (χ3v) is 2.13. The summed E-state index contributed by atoms with van der Waals surface area (Å²) in [5.41, 5.74) is 0. The molecule has 0 fully saturated rings. The van der Waals surface area contributed by atoms with Crippen LogP contribution in [0.5, 0.6) is 5.75 Å². The van der Waals surface area contributed by atoms with Gasteiger partial charge in [0.2, 0.25) is 5.89 Å². The van der Waals surface area contributed by atoms with Crippen LogP contribution in [0.1, 0.15) is 11.7 Å². The van der Waals surface area contributed by atoms with Crippen LogP contribution >= 0.6 is 0 Å². The average Bonchev–Trinajstić information content (AvgIpc) is 2.81. The highest BCUT2D eigenvalue weighted by atomic mass is 16.5. The van der Waals surface area contributed by atoms with E-state index in [1.54, 1.807) is 19.1 Å². The van der Waals surface area contributed by atoms with E-state index in [0.29, 0.717) is 17.5 Å². The third kappa shape index (κ3) is 3.58. The molecule has 0 aliphatic heterocycles. The first kappa shape index (κ1) is 12.1. The summed E-state index contributed by atoms with van der Waals surface area (Å²) in [6.45, 7) is 1.88. The van der Waals surface area contributed by atoms with Gasteiger partial charge >= 0.3 is 0 Å². The van der Waals surface area contributed by atoms with Crippen molar-refractivity contribution in [3.8, 4) is 5.75 Å². The van der Waals surface area contributed by atoms with Crippen molar-refractivity contribution in [2.24, 2.45) is 0 Å². The summed E-state index contributed by atoms with van der Waals surface area (Å²) in [5.74, 6) is 1.34. The second-order valence-electron chi connectivity index (χ2n) is 3.61. The van der Waals surface area contributed by atoms with Crippen molar-refractivity contribution in [2.75, 3.05) is 6.61 Å². The average molecular weight is 247 g/mol. The molecular formula is C12H13N3O3. The second-order valence-corrected chi connectivity index (χ2v) is 3.61. The number of carbonyl (C=O) groups excluding carboxylic acids is 1. The Labute approximate surface area is 104 Å². The maximum Gasteiger partial charge on any atom is 0.258 e. The highest BCUT2D eigenvalue weighted by molar-refractivity contribution is 5.77. The van der Waals surface area contributed by atoms with Crippen LogP contribution in [0.4, 0.5) is 0 Å². The zero-order valence-corrected chi connectivity index (χ0v) is 9.92. The number of nitrogens with one attached hydrogen (secondary N) is 1. The molecule has 2 aromatic rings. The third-order valence-electron chi connectivity index (χ3n) is 2.13. The number of aromatic nitrogens is 2. The first-order chi connectivity index (χ1) is 8.74. The number of hydrogen-bond donors (Lipinski definition) is 1. The highest BCUT2D eigenvalue weighted by Gasteiger charge is 2.06. The standard InChI is InChI=1S/C12H13N3O3/c1-9-14-11(15-18-9)7-13-12(16)8-17-10-5-3-2-4-6-10/h2-6H,7-8H2,1H3,(H,13,16). The Kier molecular flexibility index (Phi) is 3.90. The van der Waals surface area contributed by atoms with Gasteiger partial charge in [-0.2, -0.15) is 4.98 Å². The van der Waals surface area contributed by atoms with Gasteiger partial charge in [-0.15, -0.1) is 0 Å². The summed E-state index contributed by atoms with van der Waals surface area (Å²) >= 11 is 0. The monoisotopic (exact) mass is 247 g/mol. The van der Waals surface area contributed by atoms with Gasteiger partial charge in [0.15, 0.2) is 12.4 Å². The lowest BCUT2D eigenvalue weighted by molar-refractivity contribution is -0.123. The van der Waals surface area contributed by atoms with Gasteiger partial charge < -0.3 is 14.6 Å². The summed E-state index contributed by atoms with van der Waals surface area (Å²) in [5, 5.41) is 6.30. The molecule has 0 aliphatic carbocycles. The Morgan fingerprint density at radius 3 is 2.83 bits per heavy atom. The molecule has 94 valence electrons. The van der Waals surface area contributed by atoms with Crippen LogP contribution < -0.4 is 10.1 Å². The molecule has 0 unspecified atom stereocenters. The van der Waals surface area contributed by atoms with E-state index < -0.39 is 0 Å². The number of hydrogen-bond acceptors (Lipinski definition) is 5. The van der Waals surface area contributed by atoms with E-state index in [0.717, 1.165) is 0 Å². The maximum absolute atomic E-state index is 11.5. The van der Waals surface area contributed by atoms with E-state index in [9.17, 15) is 4.79 Å². The minimum atomic E-state index is -0.235. The fourth-order valence-electron chi connectivity index (χ4n) is 1.31. The summed E-state index contributed by atoms with van der Waals surface area (Å²) in [6, 6.07) is 9.14. The number of para-hydroxylation sites is 1. The normalized spacial score (nSPS) is 10.1. The lowest BCUT2D eigenvalue weighted by Crippen LogP contribution is -2.28. The van der Waals surface area contributed by atoms with Crippen LogP contribution in [0, 0.1) is 6.92 Å². The van der Waals surface area contributed by atoms with Gasteiger partial charge in [-0.3, -0.25) is 4.79 Å². The fourth-order valence-corrected chi connectivity index (χ4v) is 1.31. The molecule has 0 saturated carbocycles. The summed E-state index contributed by atoms with van der Waals surface area (Å²) in [6.07, 6.45) is 0. The number of nitrogens with zero attached hydrogens (tertiary/aromatic N) is 2. The van der Waals surface area contributed by atoms with Gasteiger partial charge in [0.25, 0.3) is 5.91 Å². The molecule has 2 rings (SSSR count). The molecule has 1 aromatic heterocycles. The molecule has 6 heteroatoms. The van der Waals surface area contributed by atoms with E-state index in [1.165, 1.54) is 0 Å². The number of carbonyl (C=O) groups is 1. The topological polar surface area (TPSA) is 77.2 Å². The van der Waals surface area contributed by atoms with Crippen LogP contribution in [0.3, 0.4) is 0 Å². The van der Waals surface area contributed by atoms with E-state index in [2.05, 4.69) is 15.5 Å². The first-order valence-electron chi connectivity index (χ1n) is 5.48. The van der Waals surface area contributed by atoms with Crippen LogP contribution in [-0.4, -0.2) is 22.7 Å². The van der Waals surface area contributed by atoms with E-state index in [-0.39, 0.29) is 19.1 Å². The lowest BCUT2D eigenvalue weighted by Gasteiger charge is -2.05. The van der Waals surface area contributed by atoms with Crippen LogP contribution in [-0.2, 0) is 11.3 Å². The first-order valence-corrected chi connectivity index (χ1v) is 5.48. The number of ether oxygens (including phenoxy) is 1. The van der Waals surface area contributed by atoms with Crippen LogP contribution in [0.15, 0.2) is 34.9 Å². The van der Waals surface area contributed by atoms with Gasteiger partial charge in [0.05, 0.1) is 6.54 Å². The van der Waals surface area contributed by atoms with Crippen molar-refractivity contribution in [3.05, 3.63) is 42.0 Å². The molecule has 1 aromatic carbocycles. The molecule has 0 saturated heterocycles. The Bertz CT molecular complexity index is 510. The Morgan fingerprint density at radius 2 is 2.17 bits per heavy atom. The van der Waals surface area contributed by atoms with Crippen molar-refractivity contribution in [1.82, 2.24) is 15.5 Å². The number of benzene rings is 1. The Morgan fingerprint density at radius 1 is 1.39 bits per heavy atom. The number of rotatable bonds is 5. The predicted molar refractivity (Wildman–Crippen MR) is 62.8 cm³/mol. The molecule has 1 N–H and O–H groups in total. The SMILES string of the molecule is Cc1nc(CNC(=O)COc2ccccc2)no1. The molecule has 0 bridgehead atoms.